The van der Waals surface area contributed by atoms with Gasteiger partial charge in [-0.3, -0.25) is 9.47 Å². The van der Waals surface area contributed by atoms with Gasteiger partial charge in [-0.05, 0) is 36.5 Å². The molecule has 1 unspecified atom stereocenters. The Kier molecular flexibility index (Phi) is 5.28. The predicted molar refractivity (Wildman–Crippen MR) is 107 cm³/mol. The number of β-amino-alcohol motifs (C(OH)–C–C–N with tert-alkyl or cyclic N) is 1. The first-order valence-corrected chi connectivity index (χ1v) is 9.49. The van der Waals surface area contributed by atoms with Gasteiger partial charge in [-0.25, -0.2) is 0 Å². The molecule has 154 valence electrons. The summed E-state index contributed by atoms with van der Waals surface area (Å²) in [6, 6.07) is 10.4. The zero-order valence-electron chi connectivity index (χ0n) is 16.0. The normalized spacial score (nSPS) is 17.0. The molecule has 1 aliphatic rings. The Hall–Kier alpha value is -2.49. The van der Waals surface area contributed by atoms with E-state index in [0.29, 0.717) is 41.2 Å². The number of fused-ring (bicyclic) bond motifs is 2. The minimum atomic E-state index is -2.73. The van der Waals surface area contributed by atoms with E-state index in [1.165, 1.54) is 0 Å². The number of aliphatic hydroxyl groups is 1. The Labute approximate surface area is 171 Å². The number of methoxy groups -OCH3 is 2. The molecule has 0 aliphatic carbocycles. The fourth-order valence-electron chi connectivity index (χ4n) is 4.01. The lowest BCUT2D eigenvalue weighted by Crippen LogP contribution is -2.35. The molecule has 2 heterocycles. The van der Waals surface area contributed by atoms with E-state index in [1.54, 1.807) is 55.2 Å². The van der Waals surface area contributed by atoms with E-state index in [2.05, 4.69) is 0 Å². The second-order valence-corrected chi connectivity index (χ2v) is 7.24. The van der Waals surface area contributed by atoms with E-state index in [-0.39, 0.29) is 11.4 Å². The number of hydrogen-bond donors (Lipinski definition) is 1. The SMILES string of the molecule is COc1ccc(OC)c2c1CN(Cn1c(=S)n(C(F)F)c3ccccc31)CC2O. The molecule has 29 heavy (non-hydrogen) atoms. The summed E-state index contributed by atoms with van der Waals surface area (Å²) in [6.45, 7) is -1.70. The minimum Gasteiger partial charge on any atom is -0.496 e. The topological polar surface area (TPSA) is 51.8 Å². The molecule has 0 saturated heterocycles. The zero-order chi connectivity index (χ0) is 20.7. The van der Waals surface area contributed by atoms with Crippen LogP contribution >= 0.6 is 12.2 Å². The number of hydrogen-bond acceptors (Lipinski definition) is 5. The maximum Gasteiger partial charge on any atom is 0.321 e. The van der Waals surface area contributed by atoms with Gasteiger partial charge in [0.2, 0.25) is 0 Å². The van der Waals surface area contributed by atoms with Crippen molar-refractivity contribution >= 4 is 23.3 Å². The lowest BCUT2D eigenvalue weighted by Gasteiger charge is -2.34. The van der Waals surface area contributed by atoms with Gasteiger partial charge in [0.15, 0.2) is 4.77 Å². The summed E-state index contributed by atoms with van der Waals surface area (Å²) in [7, 11) is 3.12. The van der Waals surface area contributed by atoms with Crippen molar-refractivity contribution in [3.63, 3.8) is 0 Å². The molecule has 1 atom stereocenters. The molecule has 9 heteroatoms. The summed E-state index contributed by atoms with van der Waals surface area (Å²) in [5.74, 6) is 1.24. The zero-order valence-corrected chi connectivity index (χ0v) is 16.8. The van der Waals surface area contributed by atoms with E-state index in [9.17, 15) is 13.9 Å². The lowest BCUT2D eigenvalue weighted by atomic mass is 9.95. The third-order valence-electron chi connectivity index (χ3n) is 5.27. The molecular weight excluding hydrogens is 400 g/mol. The number of aliphatic hydroxyl groups excluding tert-OH is 1. The number of alkyl halides is 2. The molecule has 1 aliphatic heterocycles. The summed E-state index contributed by atoms with van der Waals surface area (Å²) in [5.41, 5.74) is 2.51. The van der Waals surface area contributed by atoms with Crippen LogP contribution in [0.15, 0.2) is 36.4 Å². The number of para-hydroxylation sites is 2. The standard InChI is InChI=1S/C20H21F2N3O3S/c1-27-16-7-8-17(28-2)18-12(16)9-23(10-15(18)26)11-24-13-5-3-4-6-14(13)25(19(21)22)20(24)29/h3-8,15,19,26H,9-11H2,1-2H3. The van der Waals surface area contributed by atoms with Crippen LogP contribution in [0.2, 0.25) is 0 Å². The Morgan fingerprint density at radius 3 is 2.41 bits per heavy atom. The molecular formula is C20H21F2N3O3S. The van der Waals surface area contributed by atoms with E-state index in [0.717, 1.165) is 10.1 Å². The van der Waals surface area contributed by atoms with Gasteiger partial charge >= 0.3 is 6.55 Å². The third-order valence-corrected chi connectivity index (χ3v) is 5.68. The number of benzene rings is 2. The van der Waals surface area contributed by atoms with Gasteiger partial charge in [-0.15, -0.1) is 0 Å². The average molecular weight is 421 g/mol. The van der Waals surface area contributed by atoms with E-state index >= 15 is 0 Å². The van der Waals surface area contributed by atoms with Gasteiger partial charge in [0, 0.05) is 24.2 Å². The first kappa shape index (κ1) is 19.8. The highest BCUT2D eigenvalue weighted by Gasteiger charge is 2.30. The van der Waals surface area contributed by atoms with E-state index in [1.807, 2.05) is 4.90 Å². The highest BCUT2D eigenvalue weighted by atomic mass is 32.1. The molecule has 3 aromatic rings. The number of nitrogens with zero attached hydrogens (tertiary/aromatic N) is 3. The molecule has 4 rings (SSSR count). The van der Waals surface area contributed by atoms with Crippen molar-refractivity contribution < 1.29 is 23.4 Å². The van der Waals surface area contributed by atoms with Crippen molar-refractivity contribution in [3.05, 3.63) is 52.3 Å². The minimum absolute atomic E-state index is 0.0408. The van der Waals surface area contributed by atoms with Crippen LogP contribution in [0.4, 0.5) is 8.78 Å². The molecule has 6 nitrogen and oxygen atoms in total. The monoisotopic (exact) mass is 421 g/mol. The average Bonchev–Trinajstić information content (AvgIpc) is 2.99. The molecule has 0 radical (unpaired) electrons. The number of ether oxygens (including phenoxy) is 2. The van der Waals surface area contributed by atoms with Crippen molar-refractivity contribution in [2.75, 3.05) is 20.8 Å². The van der Waals surface area contributed by atoms with Crippen LogP contribution in [0.1, 0.15) is 23.8 Å². The van der Waals surface area contributed by atoms with Gasteiger partial charge in [0.05, 0.1) is 38.0 Å². The summed E-state index contributed by atoms with van der Waals surface area (Å²) < 4.78 is 40.6. The molecule has 0 fully saturated rings. The Morgan fingerprint density at radius 2 is 1.76 bits per heavy atom. The van der Waals surface area contributed by atoms with Crippen molar-refractivity contribution in [2.24, 2.45) is 0 Å². The van der Waals surface area contributed by atoms with Crippen LogP contribution in [-0.2, 0) is 13.2 Å². The summed E-state index contributed by atoms with van der Waals surface area (Å²) in [6.07, 6.45) is -0.804. The molecule has 1 N–H and O–H groups in total. The van der Waals surface area contributed by atoms with E-state index < -0.39 is 12.7 Å². The fourth-order valence-corrected chi connectivity index (χ4v) is 4.34. The molecule has 0 bridgehead atoms. The number of rotatable bonds is 5. The van der Waals surface area contributed by atoms with Crippen molar-refractivity contribution in [2.45, 2.75) is 25.9 Å². The van der Waals surface area contributed by atoms with Crippen molar-refractivity contribution in [1.29, 1.82) is 0 Å². The van der Waals surface area contributed by atoms with Crippen LogP contribution in [0, 0.1) is 4.77 Å². The van der Waals surface area contributed by atoms with Gasteiger partial charge in [-0.2, -0.15) is 8.78 Å². The summed E-state index contributed by atoms with van der Waals surface area (Å²) in [5, 5.41) is 10.8. The smallest absolute Gasteiger partial charge is 0.321 e. The van der Waals surface area contributed by atoms with Crippen LogP contribution in [0.3, 0.4) is 0 Å². The van der Waals surface area contributed by atoms with Gasteiger partial charge in [-0.1, -0.05) is 12.1 Å². The molecule has 0 amide bonds. The van der Waals surface area contributed by atoms with Crippen LogP contribution in [-0.4, -0.2) is 39.9 Å². The first-order chi connectivity index (χ1) is 14.0. The van der Waals surface area contributed by atoms with Crippen molar-refractivity contribution in [1.82, 2.24) is 14.0 Å². The Morgan fingerprint density at radius 1 is 1.10 bits per heavy atom. The third kappa shape index (κ3) is 3.29. The van der Waals surface area contributed by atoms with Gasteiger partial charge in [0.25, 0.3) is 0 Å². The van der Waals surface area contributed by atoms with Gasteiger partial charge in [0.1, 0.15) is 11.5 Å². The molecule has 2 aromatic carbocycles. The maximum absolute atomic E-state index is 13.6. The maximum atomic E-state index is 13.6. The predicted octanol–water partition coefficient (Wildman–Crippen LogP) is 4.09. The molecule has 1 aromatic heterocycles. The molecule has 0 spiro atoms. The van der Waals surface area contributed by atoms with Gasteiger partial charge < -0.3 is 19.1 Å². The number of imidazole rings is 1. The van der Waals surface area contributed by atoms with Crippen LogP contribution in [0.25, 0.3) is 11.0 Å². The van der Waals surface area contributed by atoms with Crippen LogP contribution < -0.4 is 9.47 Å². The summed E-state index contributed by atoms with van der Waals surface area (Å²) >= 11 is 5.35. The quantitative estimate of drug-likeness (QED) is 0.629. The first-order valence-electron chi connectivity index (χ1n) is 9.08. The second kappa shape index (κ2) is 7.74. The summed E-state index contributed by atoms with van der Waals surface area (Å²) in [4.78, 5) is 1.95. The van der Waals surface area contributed by atoms with E-state index in [4.69, 9.17) is 21.7 Å². The Bertz CT molecular complexity index is 1110. The lowest BCUT2D eigenvalue weighted by molar-refractivity contribution is 0.0631. The van der Waals surface area contributed by atoms with Crippen molar-refractivity contribution in [3.8, 4) is 11.5 Å². The second-order valence-electron chi connectivity index (χ2n) is 6.88. The number of halogens is 2. The Balaban J connectivity index is 1.75. The highest BCUT2D eigenvalue weighted by Crippen LogP contribution is 2.39. The fraction of sp³-hybridized carbons (Fsp3) is 0.350. The van der Waals surface area contributed by atoms with Crippen LogP contribution in [0.5, 0.6) is 11.5 Å². The largest absolute Gasteiger partial charge is 0.496 e. The molecule has 0 saturated carbocycles. The number of aromatic nitrogens is 2. The highest BCUT2D eigenvalue weighted by molar-refractivity contribution is 7.71.